The molecule has 0 fully saturated rings. The molecular weight excluding hydrogens is 416 g/mol. The first kappa shape index (κ1) is 21.1. The summed E-state index contributed by atoms with van der Waals surface area (Å²) in [4.78, 5) is 12.9. The van der Waals surface area contributed by atoms with Gasteiger partial charge in [0.1, 0.15) is 16.9 Å². The zero-order chi connectivity index (χ0) is 21.0. The van der Waals surface area contributed by atoms with Crippen molar-refractivity contribution >= 4 is 27.1 Å². The van der Waals surface area contributed by atoms with Crippen molar-refractivity contribution in [3.05, 3.63) is 87.6 Å². The molecule has 4 nitrogen and oxygen atoms in total. The average Bonchev–Trinajstić information content (AvgIpc) is 3.20. The lowest BCUT2D eigenvalue weighted by Gasteiger charge is -2.18. The summed E-state index contributed by atoms with van der Waals surface area (Å²) >= 11 is 1.27. The van der Waals surface area contributed by atoms with Gasteiger partial charge in [-0.15, -0.1) is 11.3 Å². The van der Waals surface area contributed by atoms with E-state index in [1.165, 1.54) is 54.7 Å². The predicted molar refractivity (Wildman–Crippen MR) is 108 cm³/mol. The molecule has 0 bridgehead atoms. The standard InChI is InChI=1S/C21H19F2NO3S2/c1-14-11-17(8-9-18(14)23)29(26,27)20(19-3-2-10-28-19)13-24-21(25)12-15-4-6-16(22)7-5-15/h2-11,20H,12-13H2,1H3,(H,24,25)/t20-/m1/s1. The van der Waals surface area contributed by atoms with E-state index < -0.39 is 26.7 Å². The molecule has 0 aliphatic carbocycles. The molecule has 3 rings (SSSR count). The molecule has 152 valence electrons. The van der Waals surface area contributed by atoms with Crippen LogP contribution in [0.4, 0.5) is 8.78 Å². The third-order valence-electron chi connectivity index (χ3n) is 4.46. The van der Waals surface area contributed by atoms with Crippen LogP contribution in [0, 0.1) is 18.6 Å². The summed E-state index contributed by atoms with van der Waals surface area (Å²) in [5.74, 6) is -1.25. The van der Waals surface area contributed by atoms with Crippen LogP contribution in [0.25, 0.3) is 0 Å². The molecule has 0 aliphatic rings. The number of rotatable bonds is 7. The van der Waals surface area contributed by atoms with E-state index in [-0.39, 0.29) is 29.3 Å². The van der Waals surface area contributed by atoms with Crippen molar-refractivity contribution in [3.63, 3.8) is 0 Å². The summed E-state index contributed by atoms with van der Waals surface area (Å²) in [6.07, 6.45) is 0.00709. The molecule has 0 saturated heterocycles. The highest BCUT2D eigenvalue weighted by atomic mass is 32.2. The van der Waals surface area contributed by atoms with E-state index in [9.17, 15) is 22.0 Å². The Morgan fingerprint density at radius 2 is 1.83 bits per heavy atom. The molecule has 29 heavy (non-hydrogen) atoms. The van der Waals surface area contributed by atoms with Gasteiger partial charge in [-0.1, -0.05) is 18.2 Å². The largest absolute Gasteiger partial charge is 0.354 e. The summed E-state index contributed by atoms with van der Waals surface area (Å²) in [5, 5.41) is 3.42. The van der Waals surface area contributed by atoms with E-state index in [1.54, 1.807) is 17.5 Å². The third kappa shape index (κ3) is 5.07. The van der Waals surface area contributed by atoms with Gasteiger partial charge in [0.15, 0.2) is 9.84 Å². The molecule has 1 heterocycles. The Hall–Kier alpha value is -2.58. The van der Waals surface area contributed by atoms with E-state index in [1.807, 2.05) is 0 Å². The number of thiophene rings is 1. The van der Waals surface area contributed by atoms with E-state index >= 15 is 0 Å². The summed E-state index contributed by atoms with van der Waals surface area (Å²) in [6.45, 7) is 1.37. The molecule has 0 unspecified atom stereocenters. The Labute approximate surface area is 172 Å². The zero-order valence-corrected chi connectivity index (χ0v) is 17.2. The molecule has 0 aliphatic heterocycles. The van der Waals surface area contributed by atoms with Crippen LogP contribution in [0.2, 0.25) is 0 Å². The number of carbonyl (C=O) groups excluding carboxylic acids is 1. The quantitative estimate of drug-likeness (QED) is 0.566. The lowest BCUT2D eigenvalue weighted by molar-refractivity contribution is -0.120. The Balaban J connectivity index is 1.79. The van der Waals surface area contributed by atoms with E-state index in [4.69, 9.17) is 0 Å². The van der Waals surface area contributed by atoms with Crippen LogP contribution >= 0.6 is 11.3 Å². The minimum absolute atomic E-state index is 0.00239. The molecule has 1 amide bonds. The van der Waals surface area contributed by atoms with Gasteiger partial charge in [-0.2, -0.15) is 0 Å². The minimum atomic E-state index is -3.86. The Bertz CT molecular complexity index is 1100. The van der Waals surface area contributed by atoms with Crippen LogP contribution < -0.4 is 5.32 Å². The maximum atomic E-state index is 13.6. The van der Waals surface area contributed by atoms with E-state index in [0.717, 1.165) is 6.07 Å². The predicted octanol–water partition coefficient (Wildman–Crippen LogP) is 4.21. The lowest BCUT2D eigenvalue weighted by Crippen LogP contribution is -2.32. The molecular formula is C21H19F2NO3S2. The number of hydrogen-bond donors (Lipinski definition) is 1. The second-order valence-electron chi connectivity index (χ2n) is 6.57. The van der Waals surface area contributed by atoms with Crippen molar-refractivity contribution in [1.29, 1.82) is 0 Å². The van der Waals surface area contributed by atoms with E-state index in [2.05, 4.69) is 5.32 Å². The first-order valence-electron chi connectivity index (χ1n) is 8.82. The smallest absolute Gasteiger partial charge is 0.224 e. The summed E-state index contributed by atoms with van der Waals surface area (Å²) in [6, 6.07) is 12.6. The van der Waals surface area contributed by atoms with Gasteiger partial charge in [-0.3, -0.25) is 4.79 Å². The summed E-state index contributed by atoms with van der Waals surface area (Å²) < 4.78 is 53.0. The highest BCUT2D eigenvalue weighted by molar-refractivity contribution is 7.91. The molecule has 1 atom stereocenters. The van der Waals surface area contributed by atoms with Gasteiger partial charge in [0.2, 0.25) is 5.91 Å². The highest BCUT2D eigenvalue weighted by Crippen LogP contribution is 2.32. The van der Waals surface area contributed by atoms with Gasteiger partial charge in [0, 0.05) is 11.4 Å². The summed E-state index contributed by atoms with van der Waals surface area (Å²) in [5.41, 5.74) is 0.852. The zero-order valence-electron chi connectivity index (χ0n) is 15.6. The summed E-state index contributed by atoms with van der Waals surface area (Å²) in [7, 11) is -3.86. The molecule has 1 aromatic heterocycles. The fourth-order valence-electron chi connectivity index (χ4n) is 2.85. The van der Waals surface area contributed by atoms with Crippen molar-refractivity contribution in [2.75, 3.05) is 6.54 Å². The monoisotopic (exact) mass is 435 g/mol. The number of halogens is 2. The van der Waals surface area contributed by atoms with Crippen LogP contribution in [0.15, 0.2) is 64.9 Å². The van der Waals surface area contributed by atoms with Crippen molar-refractivity contribution < 1.29 is 22.0 Å². The molecule has 8 heteroatoms. The number of nitrogens with one attached hydrogen (secondary N) is 1. The molecule has 3 aromatic rings. The fourth-order valence-corrected chi connectivity index (χ4v) is 5.72. The minimum Gasteiger partial charge on any atom is -0.354 e. The first-order chi connectivity index (χ1) is 13.8. The molecule has 0 radical (unpaired) electrons. The Morgan fingerprint density at radius 3 is 2.45 bits per heavy atom. The number of aryl methyl sites for hydroxylation is 1. The molecule has 0 spiro atoms. The second kappa shape index (κ2) is 8.84. The van der Waals surface area contributed by atoms with Crippen LogP contribution in [0.3, 0.4) is 0 Å². The normalized spacial score (nSPS) is 12.5. The SMILES string of the molecule is Cc1cc(S(=O)(=O)[C@H](CNC(=O)Cc2ccc(F)cc2)c2cccs2)ccc1F. The van der Waals surface area contributed by atoms with Crippen molar-refractivity contribution in [2.24, 2.45) is 0 Å². The molecule has 0 saturated carbocycles. The van der Waals surface area contributed by atoms with Crippen molar-refractivity contribution in [2.45, 2.75) is 23.5 Å². The van der Waals surface area contributed by atoms with Gasteiger partial charge in [-0.25, -0.2) is 17.2 Å². The molecule has 1 N–H and O–H groups in total. The van der Waals surface area contributed by atoms with Gasteiger partial charge in [-0.05, 0) is 59.8 Å². The third-order valence-corrected chi connectivity index (χ3v) is 7.67. The number of amides is 1. The number of hydrogen-bond acceptors (Lipinski definition) is 4. The fraction of sp³-hybridized carbons (Fsp3) is 0.190. The number of carbonyl (C=O) groups is 1. The maximum Gasteiger partial charge on any atom is 0.224 e. The van der Waals surface area contributed by atoms with Crippen LogP contribution in [-0.4, -0.2) is 20.9 Å². The van der Waals surface area contributed by atoms with Crippen LogP contribution in [0.5, 0.6) is 0 Å². The Morgan fingerprint density at radius 1 is 1.10 bits per heavy atom. The van der Waals surface area contributed by atoms with Gasteiger partial charge in [0.25, 0.3) is 0 Å². The van der Waals surface area contributed by atoms with Crippen LogP contribution in [0.1, 0.15) is 21.3 Å². The topological polar surface area (TPSA) is 63.2 Å². The molecule has 2 aromatic carbocycles. The van der Waals surface area contributed by atoms with Gasteiger partial charge < -0.3 is 5.32 Å². The highest BCUT2D eigenvalue weighted by Gasteiger charge is 2.30. The van der Waals surface area contributed by atoms with Gasteiger partial charge >= 0.3 is 0 Å². The maximum absolute atomic E-state index is 13.6. The van der Waals surface area contributed by atoms with Gasteiger partial charge in [0.05, 0.1) is 11.3 Å². The first-order valence-corrected chi connectivity index (χ1v) is 11.2. The number of benzene rings is 2. The lowest BCUT2D eigenvalue weighted by atomic mass is 10.1. The second-order valence-corrected chi connectivity index (χ2v) is 9.68. The van der Waals surface area contributed by atoms with Crippen molar-refractivity contribution in [1.82, 2.24) is 5.32 Å². The number of sulfone groups is 1. The van der Waals surface area contributed by atoms with Crippen LogP contribution in [-0.2, 0) is 21.1 Å². The van der Waals surface area contributed by atoms with E-state index in [0.29, 0.717) is 10.4 Å². The average molecular weight is 436 g/mol. The Kier molecular flexibility index (Phi) is 6.44. The van der Waals surface area contributed by atoms with Crippen molar-refractivity contribution in [3.8, 4) is 0 Å².